The molecule has 2 atom stereocenters. The lowest BCUT2D eigenvalue weighted by molar-refractivity contribution is -0.314. The molecule has 2 unspecified atom stereocenters. The van der Waals surface area contributed by atoms with E-state index in [2.05, 4.69) is 4.98 Å². The molecule has 0 saturated carbocycles. The fourth-order valence-electron chi connectivity index (χ4n) is 2.20. The third kappa shape index (κ3) is 4.46. The van der Waals surface area contributed by atoms with Gasteiger partial charge in [0.05, 0.1) is 11.7 Å². The van der Waals surface area contributed by atoms with Crippen LogP contribution in [-0.2, 0) is 17.4 Å². The molecule has 0 aliphatic heterocycles. The van der Waals surface area contributed by atoms with Gasteiger partial charge in [0, 0.05) is 18.1 Å². The molecule has 8 heteroatoms. The molecule has 4 nitrogen and oxygen atoms in total. The van der Waals surface area contributed by atoms with Gasteiger partial charge in [-0.15, -0.1) is 0 Å². The van der Waals surface area contributed by atoms with E-state index in [1.807, 2.05) is 0 Å². The number of hydrogen-bond acceptors (Lipinski definition) is 4. The highest BCUT2D eigenvalue weighted by molar-refractivity contribution is 6.29. The summed E-state index contributed by atoms with van der Waals surface area (Å²) in [6, 6.07) is 6.88. The largest absolute Gasteiger partial charge is 0.550 e. The van der Waals surface area contributed by atoms with E-state index in [-0.39, 0.29) is 17.1 Å². The fraction of sp³-hybridized carbons (Fsp3) is 0.250. The Labute approximate surface area is 140 Å². The molecule has 24 heavy (non-hydrogen) atoms. The first-order chi connectivity index (χ1) is 11.2. The van der Waals surface area contributed by atoms with Crippen LogP contribution in [0.25, 0.3) is 0 Å². The van der Waals surface area contributed by atoms with Crippen LogP contribution in [-0.4, -0.2) is 16.1 Å². The van der Waals surface area contributed by atoms with E-state index >= 15 is 0 Å². The van der Waals surface area contributed by atoms with E-state index in [1.165, 1.54) is 30.5 Å². The molecule has 0 aliphatic rings. The number of nitrogens with zero attached hydrogens (tertiary/aromatic N) is 1. The van der Waals surface area contributed by atoms with Gasteiger partial charge >= 0.3 is 6.18 Å². The van der Waals surface area contributed by atoms with Gasteiger partial charge in [-0.3, -0.25) is 0 Å². The summed E-state index contributed by atoms with van der Waals surface area (Å²) in [5.74, 6) is -2.86. The van der Waals surface area contributed by atoms with Crippen molar-refractivity contribution in [1.82, 2.24) is 4.98 Å². The second kappa shape index (κ2) is 7.19. The van der Waals surface area contributed by atoms with Gasteiger partial charge in [-0.2, -0.15) is 13.2 Å². The molecular weight excluding hydrogens is 347 g/mol. The maximum absolute atomic E-state index is 12.5. The third-order valence-electron chi connectivity index (χ3n) is 3.51. The molecule has 128 valence electrons. The van der Waals surface area contributed by atoms with E-state index in [1.54, 1.807) is 0 Å². The first-order valence-electron chi connectivity index (χ1n) is 6.85. The third-order valence-corrected chi connectivity index (χ3v) is 3.74. The van der Waals surface area contributed by atoms with E-state index < -0.39 is 29.7 Å². The van der Waals surface area contributed by atoms with Gasteiger partial charge in [-0.05, 0) is 35.7 Å². The number of aromatic nitrogens is 1. The van der Waals surface area contributed by atoms with Gasteiger partial charge in [0.1, 0.15) is 5.15 Å². The van der Waals surface area contributed by atoms with Crippen molar-refractivity contribution in [1.29, 1.82) is 0 Å². The highest BCUT2D eigenvalue weighted by Crippen LogP contribution is 2.30. The number of carbonyl (C=O) groups excluding carboxylic acids is 1. The van der Waals surface area contributed by atoms with E-state index in [9.17, 15) is 28.2 Å². The Morgan fingerprint density at radius 3 is 2.29 bits per heavy atom. The van der Waals surface area contributed by atoms with Crippen molar-refractivity contribution in [3.8, 4) is 0 Å². The van der Waals surface area contributed by atoms with Crippen LogP contribution in [0.3, 0.4) is 0 Å². The van der Waals surface area contributed by atoms with Crippen molar-refractivity contribution in [2.75, 3.05) is 0 Å². The molecule has 0 amide bonds. The van der Waals surface area contributed by atoms with Crippen molar-refractivity contribution in [3.63, 3.8) is 0 Å². The molecule has 0 spiro atoms. The predicted molar refractivity (Wildman–Crippen MR) is 77.9 cm³/mol. The zero-order valence-electron chi connectivity index (χ0n) is 12.1. The van der Waals surface area contributed by atoms with Crippen LogP contribution in [0.4, 0.5) is 13.2 Å². The Morgan fingerprint density at radius 1 is 1.21 bits per heavy atom. The number of halogens is 4. The number of alkyl halides is 3. The number of carboxylic acids is 1. The summed E-state index contributed by atoms with van der Waals surface area (Å²) >= 11 is 5.63. The minimum absolute atomic E-state index is 0.179. The van der Waals surface area contributed by atoms with Gasteiger partial charge < -0.3 is 15.0 Å². The van der Waals surface area contributed by atoms with Crippen LogP contribution in [0.1, 0.15) is 22.8 Å². The predicted octanol–water partition coefficient (Wildman–Crippen LogP) is 2.40. The van der Waals surface area contributed by atoms with Crippen molar-refractivity contribution in [2.24, 2.45) is 5.92 Å². The zero-order valence-corrected chi connectivity index (χ0v) is 12.9. The summed E-state index contributed by atoms with van der Waals surface area (Å²) in [5.41, 5.74) is -0.280. The Kier molecular flexibility index (Phi) is 5.46. The van der Waals surface area contributed by atoms with Gasteiger partial charge in [0.25, 0.3) is 0 Å². The SMILES string of the molecule is O=C([O-])C(Cc1ccc(C(F)(F)F)cc1)C(O)c1ccc(Cl)nc1. The lowest BCUT2D eigenvalue weighted by atomic mass is 9.90. The van der Waals surface area contributed by atoms with Gasteiger partial charge in [0.2, 0.25) is 0 Å². The first kappa shape index (κ1) is 18.2. The highest BCUT2D eigenvalue weighted by Gasteiger charge is 2.30. The average Bonchev–Trinajstić information content (AvgIpc) is 2.52. The lowest BCUT2D eigenvalue weighted by Gasteiger charge is -2.24. The quantitative estimate of drug-likeness (QED) is 0.833. The molecule has 0 aliphatic carbocycles. The molecule has 0 bridgehead atoms. The molecule has 1 aromatic heterocycles. The number of pyridine rings is 1. The Balaban J connectivity index is 2.19. The van der Waals surface area contributed by atoms with Crippen molar-refractivity contribution in [2.45, 2.75) is 18.7 Å². The number of rotatable bonds is 5. The number of hydrogen-bond donors (Lipinski definition) is 1. The smallest absolute Gasteiger partial charge is 0.416 e. The molecule has 1 N–H and O–H groups in total. The number of carbonyl (C=O) groups is 1. The summed E-state index contributed by atoms with van der Waals surface area (Å²) in [6.45, 7) is 0. The van der Waals surface area contributed by atoms with E-state index in [4.69, 9.17) is 11.6 Å². The number of carboxylic acid groups (broad SMARTS) is 1. The van der Waals surface area contributed by atoms with E-state index in [0.29, 0.717) is 5.56 Å². The molecule has 2 aromatic rings. The maximum atomic E-state index is 12.5. The average molecular weight is 359 g/mol. The minimum atomic E-state index is -4.47. The van der Waals surface area contributed by atoms with Gasteiger partial charge in [-0.25, -0.2) is 4.98 Å². The Morgan fingerprint density at radius 2 is 1.83 bits per heavy atom. The summed E-state index contributed by atoms with van der Waals surface area (Å²) in [5, 5.41) is 21.7. The topological polar surface area (TPSA) is 73.2 Å². The van der Waals surface area contributed by atoms with Crippen molar-refractivity contribution >= 4 is 17.6 Å². The molecule has 1 aromatic carbocycles. The second-order valence-corrected chi connectivity index (χ2v) is 5.57. The summed E-state index contributed by atoms with van der Waals surface area (Å²) in [7, 11) is 0. The van der Waals surface area contributed by atoms with Crippen LogP contribution in [0.2, 0.25) is 5.15 Å². The summed E-state index contributed by atoms with van der Waals surface area (Å²) < 4.78 is 37.6. The maximum Gasteiger partial charge on any atom is 0.416 e. The normalized spacial score (nSPS) is 14.2. The Hall–Kier alpha value is -2.12. The minimum Gasteiger partial charge on any atom is -0.550 e. The van der Waals surface area contributed by atoms with Crippen LogP contribution < -0.4 is 5.11 Å². The number of aliphatic carboxylic acids is 1. The summed E-state index contributed by atoms with van der Waals surface area (Å²) in [4.78, 5) is 15.1. The highest BCUT2D eigenvalue weighted by atomic mass is 35.5. The summed E-state index contributed by atoms with van der Waals surface area (Å²) in [6.07, 6.45) is -4.86. The number of aliphatic hydroxyl groups is 1. The fourth-order valence-corrected chi connectivity index (χ4v) is 2.31. The van der Waals surface area contributed by atoms with Crippen LogP contribution >= 0.6 is 11.6 Å². The van der Waals surface area contributed by atoms with Crippen LogP contribution in [0, 0.1) is 5.92 Å². The van der Waals surface area contributed by atoms with Crippen LogP contribution in [0.5, 0.6) is 0 Å². The molecule has 2 rings (SSSR count). The molecular formula is C16H12ClF3NO3-. The van der Waals surface area contributed by atoms with Crippen molar-refractivity contribution < 1.29 is 28.2 Å². The van der Waals surface area contributed by atoms with Gasteiger partial charge in [-0.1, -0.05) is 29.8 Å². The second-order valence-electron chi connectivity index (χ2n) is 5.18. The number of aliphatic hydroxyl groups excluding tert-OH is 1. The lowest BCUT2D eigenvalue weighted by Crippen LogP contribution is -2.36. The number of benzene rings is 1. The van der Waals surface area contributed by atoms with Gasteiger partial charge in [0.15, 0.2) is 0 Å². The zero-order chi connectivity index (χ0) is 17.9. The van der Waals surface area contributed by atoms with E-state index in [0.717, 1.165) is 12.1 Å². The standard InChI is InChI=1S/C16H13ClF3NO3/c17-13-6-3-10(8-21-13)14(22)12(15(23)24)7-9-1-4-11(5-2-9)16(18,19)20/h1-6,8,12,14,22H,7H2,(H,23,24)/p-1. The molecule has 1 heterocycles. The molecule has 0 saturated heterocycles. The first-order valence-corrected chi connectivity index (χ1v) is 7.23. The van der Waals surface area contributed by atoms with Crippen molar-refractivity contribution in [3.05, 3.63) is 64.4 Å². The Bertz CT molecular complexity index is 702. The van der Waals surface area contributed by atoms with Crippen LogP contribution in [0.15, 0.2) is 42.6 Å². The molecule has 0 radical (unpaired) electrons. The monoisotopic (exact) mass is 358 g/mol. The molecule has 0 fully saturated rings.